The molecule has 2 aromatic rings. The summed E-state index contributed by atoms with van der Waals surface area (Å²) in [5, 5.41) is 11.7. The summed E-state index contributed by atoms with van der Waals surface area (Å²) in [5.74, 6) is -1.25. The van der Waals surface area contributed by atoms with Crippen molar-refractivity contribution in [2.75, 3.05) is 18.4 Å². The van der Waals surface area contributed by atoms with E-state index in [-0.39, 0.29) is 21.0 Å². The molecule has 15 heteroatoms. The molecule has 2 N–H and O–H groups in total. The normalized spacial score (nSPS) is 16.3. The molecule has 1 aliphatic rings. The Balaban J connectivity index is 1.87. The third kappa shape index (κ3) is 5.26. The maximum absolute atomic E-state index is 13.3. The molecule has 3 rings (SSSR count). The molecule has 0 spiro atoms. The molecule has 2 aromatic heterocycles. The highest BCUT2D eigenvalue weighted by molar-refractivity contribution is 7.99. The zero-order valence-corrected chi connectivity index (χ0v) is 19.2. The third-order valence-electron chi connectivity index (χ3n) is 4.69. The van der Waals surface area contributed by atoms with Gasteiger partial charge in [0.25, 0.3) is 0 Å². The molecular weight excluding hydrogens is 473 g/mol. The van der Waals surface area contributed by atoms with Crippen LogP contribution in [0.3, 0.4) is 0 Å². The van der Waals surface area contributed by atoms with Crippen LogP contribution in [0.1, 0.15) is 45.3 Å². The Morgan fingerprint density at radius 3 is 2.50 bits per heavy atom. The molecule has 1 aliphatic heterocycles. The number of carbonyl (C=O) groups excluding carboxylic acids is 1. The van der Waals surface area contributed by atoms with Crippen molar-refractivity contribution in [3.8, 4) is 0 Å². The summed E-state index contributed by atoms with van der Waals surface area (Å²) in [4.78, 5) is 16.5. The van der Waals surface area contributed by atoms with E-state index in [0.29, 0.717) is 43.5 Å². The van der Waals surface area contributed by atoms with Crippen LogP contribution in [0.25, 0.3) is 0 Å². The summed E-state index contributed by atoms with van der Waals surface area (Å²) in [6, 6.07) is 0. The van der Waals surface area contributed by atoms with Crippen molar-refractivity contribution >= 4 is 33.6 Å². The predicted molar refractivity (Wildman–Crippen MR) is 109 cm³/mol. The van der Waals surface area contributed by atoms with Gasteiger partial charge in [-0.25, -0.2) is 4.98 Å². The van der Waals surface area contributed by atoms with Gasteiger partial charge in [-0.3, -0.25) is 10.1 Å². The minimum atomic E-state index is -5.90. The van der Waals surface area contributed by atoms with Crippen LogP contribution in [-0.2, 0) is 26.0 Å². The van der Waals surface area contributed by atoms with Gasteiger partial charge in [0.05, 0.1) is 11.9 Å². The fourth-order valence-corrected chi connectivity index (χ4v) is 4.79. The smallest absolute Gasteiger partial charge is 0.444 e. The second-order valence-corrected chi connectivity index (χ2v) is 10.9. The summed E-state index contributed by atoms with van der Waals surface area (Å²) >= 11 is 0.643. The number of anilines is 1. The van der Waals surface area contributed by atoms with E-state index < -0.39 is 38.5 Å². The number of rotatable bonds is 6. The van der Waals surface area contributed by atoms with Gasteiger partial charge in [-0.15, -0.1) is 10.2 Å². The van der Waals surface area contributed by atoms with Crippen LogP contribution in [0.15, 0.2) is 15.8 Å². The van der Waals surface area contributed by atoms with Gasteiger partial charge in [-0.2, -0.15) is 25.6 Å². The van der Waals surface area contributed by atoms with Gasteiger partial charge < -0.3 is 9.73 Å². The quantitative estimate of drug-likeness (QED) is 0.579. The summed E-state index contributed by atoms with van der Waals surface area (Å²) in [5.41, 5.74) is -5.96. The largest absolute Gasteiger partial charge is 0.517 e. The first-order valence-electron chi connectivity index (χ1n) is 9.67. The molecule has 0 unspecified atom stereocenters. The number of nitrogens with one attached hydrogen (secondary N) is 2. The van der Waals surface area contributed by atoms with E-state index in [1.807, 2.05) is 20.8 Å². The van der Waals surface area contributed by atoms with E-state index in [2.05, 4.69) is 25.8 Å². The van der Waals surface area contributed by atoms with Crippen LogP contribution >= 0.6 is 11.8 Å². The first-order valence-corrected chi connectivity index (χ1v) is 12.1. The van der Waals surface area contributed by atoms with Crippen LogP contribution < -0.4 is 10.6 Å². The highest BCUT2D eigenvalue weighted by atomic mass is 32.2. The van der Waals surface area contributed by atoms with E-state index >= 15 is 0 Å². The van der Waals surface area contributed by atoms with E-state index in [9.17, 15) is 26.4 Å². The average molecular weight is 497 g/mol. The monoisotopic (exact) mass is 496 g/mol. The number of hydrogen-bond acceptors (Lipinski definition) is 9. The fourth-order valence-electron chi connectivity index (χ4n) is 2.89. The van der Waals surface area contributed by atoms with Crippen molar-refractivity contribution in [3.63, 3.8) is 0 Å². The molecule has 3 heterocycles. The zero-order chi connectivity index (χ0) is 23.7. The molecular formula is C17H23F3N6O4S2. The topological polar surface area (TPSA) is 132 Å². The maximum Gasteiger partial charge on any atom is 0.517 e. The fraction of sp³-hybridized carbons (Fsp3) is 0.647. The van der Waals surface area contributed by atoms with Crippen LogP contribution in [0.2, 0.25) is 0 Å². The van der Waals surface area contributed by atoms with Crippen molar-refractivity contribution in [2.45, 2.75) is 55.4 Å². The maximum atomic E-state index is 13.3. The summed E-state index contributed by atoms with van der Waals surface area (Å²) in [6.07, 6.45) is 2.43. The van der Waals surface area contributed by atoms with E-state index in [1.165, 1.54) is 6.20 Å². The van der Waals surface area contributed by atoms with Crippen LogP contribution in [0.4, 0.5) is 19.1 Å². The number of piperidine rings is 1. The number of oxazole rings is 1. The average Bonchev–Trinajstić information content (AvgIpc) is 3.33. The third-order valence-corrected chi connectivity index (χ3v) is 7.13. The molecule has 1 saturated heterocycles. The van der Waals surface area contributed by atoms with Gasteiger partial charge in [-0.05, 0) is 25.9 Å². The molecule has 0 aliphatic carbocycles. The van der Waals surface area contributed by atoms with Crippen LogP contribution in [0.5, 0.6) is 0 Å². The molecule has 0 saturated carbocycles. The summed E-state index contributed by atoms with van der Waals surface area (Å²) in [7, 11) is -5.90. The lowest BCUT2D eigenvalue weighted by Gasteiger charge is -2.21. The Hall–Kier alpha value is -2.13. The van der Waals surface area contributed by atoms with Crippen LogP contribution in [-0.4, -0.2) is 52.1 Å². The van der Waals surface area contributed by atoms with E-state index in [0.717, 1.165) is 0 Å². The summed E-state index contributed by atoms with van der Waals surface area (Å²) in [6.45, 7) is 6.83. The van der Waals surface area contributed by atoms with E-state index in [1.54, 1.807) is 0 Å². The SMILES string of the molecule is CC(C)(C)c1cnc(CSc2nnc(NC(=O)C3CCNCC3)n2S(=O)(=O)C(F)(F)F)o1. The molecule has 1 fully saturated rings. The number of hydrogen-bond donors (Lipinski definition) is 2. The van der Waals surface area contributed by atoms with Gasteiger partial charge in [-0.1, -0.05) is 32.5 Å². The number of aromatic nitrogens is 4. The predicted octanol–water partition coefficient (Wildman–Crippen LogP) is 2.49. The lowest BCUT2D eigenvalue weighted by Crippen LogP contribution is -2.36. The van der Waals surface area contributed by atoms with Crippen molar-refractivity contribution in [2.24, 2.45) is 5.92 Å². The number of thioether (sulfide) groups is 1. The van der Waals surface area contributed by atoms with Crippen molar-refractivity contribution in [1.29, 1.82) is 0 Å². The number of amides is 1. The Bertz CT molecular complexity index is 1070. The van der Waals surface area contributed by atoms with E-state index in [4.69, 9.17) is 4.42 Å². The first-order chi connectivity index (χ1) is 14.8. The Labute approximate surface area is 186 Å². The molecule has 0 aromatic carbocycles. The minimum absolute atomic E-state index is 0.0930. The molecule has 0 radical (unpaired) electrons. The molecule has 0 atom stereocenters. The first kappa shape index (κ1) is 24.5. The Morgan fingerprint density at radius 2 is 1.94 bits per heavy atom. The van der Waals surface area contributed by atoms with Crippen molar-refractivity contribution < 1.29 is 30.8 Å². The van der Waals surface area contributed by atoms with Gasteiger partial charge in [0, 0.05) is 11.3 Å². The van der Waals surface area contributed by atoms with Gasteiger partial charge >= 0.3 is 15.5 Å². The minimum Gasteiger partial charge on any atom is -0.444 e. The Morgan fingerprint density at radius 1 is 1.28 bits per heavy atom. The standard InChI is InChI=1S/C17H23F3N6O4S2/c1-16(2,3)11-8-22-12(30-11)9-31-15-25-24-14(26(15)32(28,29)17(18,19)20)23-13(27)10-4-6-21-7-5-10/h8,10,21H,4-7,9H2,1-3H3,(H,23,24,27). The molecule has 32 heavy (non-hydrogen) atoms. The number of alkyl halides is 3. The number of carbonyl (C=O) groups is 1. The highest BCUT2D eigenvalue weighted by Gasteiger charge is 2.50. The number of nitrogens with zero attached hydrogens (tertiary/aromatic N) is 4. The van der Waals surface area contributed by atoms with Gasteiger partial charge in [0.1, 0.15) is 5.76 Å². The zero-order valence-electron chi connectivity index (χ0n) is 17.6. The lowest BCUT2D eigenvalue weighted by molar-refractivity contribution is -0.120. The van der Waals surface area contributed by atoms with Crippen molar-refractivity contribution in [3.05, 3.63) is 17.8 Å². The lowest BCUT2D eigenvalue weighted by atomic mass is 9.94. The molecule has 0 bridgehead atoms. The second-order valence-electron chi connectivity index (χ2n) is 8.19. The molecule has 1 amide bonds. The van der Waals surface area contributed by atoms with Gasteiger partial charge in [0.15, 0.2) is 0 Å². The van der Waals surface area contributed by atoms with Gasteiger partial charge in [0.2, 0.25) is 22.9 Å². The van der Waals surface area contributed by atoms with Crippen molar-refractivity contribution in [1.82, 2.24) is 24.5 Å². The molecule has 10 nitrogen and oxygen atoms in total. The highest BCUT2D eigenvalue weighted by Crippen LogP contribution is 2.33. The van der Waals surface area contributed by atoms with Crippen LogP contribution in [0, 0.1) is 5.92 Å². The second kappa shape index (κ2) is 9.02. The summed E-state index contributed by atoms with van der Waals surface area (Å²) < 4.78 is 69.9. The number of halogens is 3. The Kier molecular flexibility index (Phi) is 6.91. The molecule has 178 valence electrons.